The molecule has 12 nitrogen and oxygen atoms in total. The molecule has 2 fully saturated rings. The van der Waals surface area contributed by atoms with Crippen LogP contribution in [0.4, 0.5) is 0 Å². The number of halogens is 1. The van der Waals surface area contributed by atoms with Gasteiger partial charge in [0.1, 0.15) is 42.7 Å². The lowest BCUT2D eigenvalue weighted by Gasteiger charge is -2.16. The number of aliphatic hydroxyl groups excluding tert-OH is 2. The van der Waals surface area contributed by atoms with E-state index in [4.69, 9.17) is 40.3 Å². The normalized spacial score (nSPS) is 14.8. The predicted molar refractivity (Wildman–Crippen MR) is 275 cm³/mol. The Morgan fingerprint density at radius 1 is 0.662 bits per heavy atom. The summed E-state index contributed by atoms with van der Waals surface area (Å²) in [5, 5.41) is 26.7. The van der Waals surface area contributed by atoms with Crippen molar-refractivity contribution in [2.24, 2.45) is 5.92 Å². The maximum Gasteiger partial charge on any atom is 0.124 e. The maximum absolute atomic E-state index is 9.80. The Bertz CT molecular complexity index is 2090. The summed E-state index contributed by atoms with van der Waals surface area (Å²) in [5.41, 5.74) is 5.88. The van der Waals surface area contributed by atoms with E-state index in [2.05, 4.69) is 82.5 Å². The Morgan fingerprint density at radius 2 is 1.24 bits per heavy atom. The molecule has 7 rings (SSSR count). The van der Waals surface area contributed by atoms with Gasteiger partial charge in [-0.15, -0.1) is 0 Å². The second-order valence-corrected chi connectivity index (χ2v) is 19.2. The summed E-state index contributed by atoms with van der Waals surface area (Å²) in [7, 11) is 0. The van der Waals surface area contributed by atoms with Gasteiger partial charge in [-0.3, -0.25) is 4.90 Å². The smallest absolute Gasteiger partial charge is 0.124 e. The molecule has 13 heteroatoms. The van der Waals surface area contributed by atoms with Crippen molar-refractivity contribution in [3.05, 3.63) is 125 Å². The number of aromatic nitrogens is 2. The SMILES string of the molecule is CC(C)NCC(O)COc1ccc(CCOCC2CC2)cc1.CC(C)NCC(O)COc1ccc(COCCOC(C)C)cc1.Clc1ccc(Cn2c(CN3CCCC3)nc3ccccc32)cc1. The first-order valence-electron chi connectivity index (χ1n) is 24.8. The highest BCUT2D eigenvalue weighted by molar-refractivity contribution is 6.30. The van der Waals surface area contributed by atoms with Gasteiger partial charge in [0.2, 0.25) is 0 Å². The van der Waals surface area contributed by atoms with Gasteiger partial charge in [0.15, 0.2) is 0 Å². The molecule has 2 heterocycles. The highest BCUT2D eigenvalue weighted by Gasteiger charge is 2.21. The van der Waals surface area contributed by atoms with Gasteiger partial charge >= 0.3 is 0 Å². The fraction of sp³-hybridized carbons (Fsp3) is 0.545. The van der Waals surface area contributed by atoms with Crippen molar-refractivity contribution < 1.29 is 33.9 Å². The van der Waals surface area contributed by atoms with Crippen LogP contribution in [-0.2, 0) is 40.3 Å². The summed E-state index contributed by atoms with van der Waals surface area (Å²) in [6.45, 7) is 21.5. The second-order valence-electron chi connectivity index (χ2n) is 18.8. The zero-order valence-electron chi connectivity index (χ0n) is 41.6. The number of ether oxygens (including phenoxy) is 5. The van der Waals surface area contributed by atoms with Crippen LogP contribution < -0.4 is 20.1 Å². The van der Waals surface area contributed by atoms with Crippen LogP contribution in [0.5, 0.6) is 11.5 Å². The van der Waals surface area contributed by atoms with Gasteiger partial charge in [0.05, 0.1) is 50.1 Å². The Balaban J connectivity index is 0.000000191. The van der Waals surface area contributed by atoms with Crippen molar-refractivity contribution in [2.75, 3.05) is 65.8 Å². The fourth-order valence-corrected chi connectivity index (χ4v) is 7.40. The molecule has 5 aromatic rings. The van der Waals surface area contributed by atoms with E-state index in [1.807, 2.05) is 76.2 Å². The Morgan fingerprint density at radius 3 is 1.81 bits per heavy atom. The predicted octanol–water partition coefficient (Wildman–Crippen LogP) is 9.09. The first kappa shape index (κ1) is 54.9. The molecule has 1 aliphatic heterocycles. The molecule has 68 heavy (non-hydrogen) atoms. The lowest BCUT2D eigenvalue weighted by Crippen LogP contribution is -2.35. The summed E-state index contributed by atoms with van der Waals surface area (Å²) in [6, 6.07) is 33.0. The summed E-state index contributed by atoms with van der Waals surface area (Å²) >= 11 is 6.01. The standard InChI is InChI=1S/C19H20ClN3.C18H31NO4.C18H29NO3/c20-16-9-7-15(8-10-16)13-23-18-6-2-1-5-17(18)21-19(23)14-22-11-3-4-12-22;1-14(2)19-11-17(20)13-23-18-7-5-16(6-8-18)12-21-9-10-22-15(3)4;1-14(2)19-11-17(20)13-22-18-7-5-15(6-8-18)9-10-21-12-16-3-4-16/h1-2,5-10H,3-4,11-14H2;5-8,14-15,17,19-20H,9-13H2,1-4H3;5-8,14,16-17,19-20H,3-4,9-13H2,1-2H3. The molecule has 4 aromatic carbocycles. The fourth-order valence-electron chi connectivity index (χ4n) is 7.27. The van der Waals surface area contributed by atoms with E-state index in [0.29, 0.717) is 51.6 Å². The second kappa shape index (κ2) is 30.5. The minimum Gasteiger partial charge on any atom is -0.491 e. The number of nitrogens with one attached hydrogen (secondary N) is 2. The maximum atomic E-state index is 9.80. The third-order valence-electron chi connectivity index (χ3n) is 11.3. The molecule has 0 amide bonds. The number of benzene rings is 4. The average Bonchev–Trinajstić information content (AvgIpc) is 3.90. The van der Waals surface area contributed by atoms with Crippen LogP contribution in [0, 0.1) is 5.92 Å². The monoisotopic (exact) mass is 958 g/mol. The molecule has 374 valence electrons. The number of imidazole rings is 1. The van der Waals surface area contributed by atoms with E-state index in [-0.39, 0.29) is 12.7 Å². The molecule has 2 atom stereocenters. The third-order valence-corrected chi connectivity index (χ3v) is 11.6. The van der Waals surface area contributed by atoms with Crippen LogP contribution in [0.3, 0.4) is 0 Å². The molecule has 0 bridgehead atoms. The van der Waals surface area contributed by atoms with Crippen molar-refractivity contribution in [1.82, 2.24) is 25.1 Å². The van der Waals surface area contributed by atoms with Crippen LogP contribution >= 0.6 is 11.6 Å². The van der Waals surface area contributed by atoms with E-state index in [0.717, 1.165) is 72.1 Å². The van der Waals surface area contributed by atoms with Crippen LogP contribution in [0.25, 0.3) is 11.0 Å². The molecule has 0 radical (unpaired) electrons. The first-order chi connectivity index (χ1) is 32.9. The highest BCUT2D eigenvalue weighted by Crippen LogP contribution is 2.29. The number of nitrogens with zero attached hydrogens (tertiary/aromatic N) is 3. The summed E-state index contributed by atoms with van der Waals surface area (Å²) < 4.78 is 30.1. The number of hydrogen-bond donors (Lipinski definition) is 4. The quantitative estimate of drug-likeness (QED) is 0.0376. The van der Waals surface area contributed by atoms with Gasteiger partial charge in [0.25, 0.3) is 0 Å². The number of aliphatic hydroxyl groups is 2. The Labute approximate surface area is 411 Å². The Hall–Kier alpha value is -4.08. The van der Waals surface area contributed by atoms with Gasteiger partial charge in [-0.05, 0) is 130 Å². The number of rotatable bonds is 27. The molecule has 1 saturated carbocycles. The van der Waals surface area contributed by atoms with E-state index in [1.165, 1.54) is 55.4 Å². The van der Waals surface area contributed by atoms with E-state index in [9.17, 15) is 10.2 Å². The van der Waals surface area contributed by atoms with E-state index < -0.39 is 12.2 Å². The van der Waals surface area contributed by atoms with Crippen LogP contribution in [0.1, 0.15) is 89.7 Å². The minimum absolute atomic E-state index is 0.237. The number of para-hydroxylation sites is 2. The van der Waals surface area contributed by atoms with Crippen LogP contribution in [0.15, 0.2) is 97.1 Å². The third kappa shape index (κ3) is 22.1. The minimum atomic E-state index is -0.513. The summed E-state index contributed by atoms with van der Waals surface area (Å²) in [5.74, 6) is 3.53. The largest absolute Gasteiger partial charge is 0.491 e. The van der Waals surface area contributed by atoms with Gasteiger partial charge in [-0.25, -0.2) is 4.98 Å². The lowest BCUT2D eigenvalue weighted by molar-refractivity contribution is 0.0143. The molecule has 1 aromatic heterocycles. The van der Waals surface area contributed by atoms with Crippen molar-refractivity contribution in [1.29, 1.82) is 0 Å². The van der Waals surface area contributed by atoms with E-state index in [1.54, 1.807) is 0 Å². The topological polar surface area (TPSA) is 132 Å². The molecular formula is C55H80ClN5O7. The molecular weight excluding hydrogens is 878 g/mol. The summed E-state index contributed by atoms with van der Waals surface area (Å²) in [4.78, 5) is 7.38. The molecule has 2 aliphatic rings. The molecule has 4 N–H and O–H groups in total. The van der Waals surface area contributed by atoms with Crippen LogP contribution in [0.2, 0.25) is 5.02 Å². The average molecular weight is 959 g/mol. The van der Waals surface area contributed by atoms with Crippen molar-refractivity contribution >= 4 is 22.6 Å². The molecule has 1 aliphatic carbocycles. The number of likely N-dealkylation sites (tertiary alicyclic amines) is 1. The Kier molecular flexibility index (Phi) is 24.6. The van der Waals surface area contributed by atoms with Gasteiger partial charge in [0, 0.05) is 43.3 Å². The first-order valence-corrected chi connectivity index (χ1v) is 25.2. The van der Waals surface area contributed by atoms with Crippen molar-refractivity contribution in [2.45, 2.75) is 124 Å². The highest BCUT2D eigenvalue weighted by atomic mass is 35.5. The lowest BCUT2D eigenvalue weighted by atomic mass is 10.1. The number of hydrogen-bond acceptors (Lipinski definition) is 11. The zero-order valence-corrected chi connectivity index (χ0v) is 42.3. The molecule has 0 spiro atoms. The van der Waals surface area contributed by atoms with Crippen molar-refractivity contribution in [3.8, 4) is 11.5 Å². The molecule has 1 saturated heterocycles. The van der Waals surface area contributed by atoms with Crippen molar-refractivity contribution in [3.63, 3.8) is 0 Å². The summed E-state index contributed by atoms with van der Waals surface area (Å²) in [6.07, 6.45) is 5.46. The zero-order chi connectivity index (χ0) is 48.5. The van der Waals surface area contributed by atoms with Gasteiger partial charge in [-0.2, -0.15) is 0 Å². The van der Waals surface area contributed by atoms with Gasteiger partial charge < -0.3 is 49.1 Å². The molecule has 2 unspecified atom stereocenters. The van der Waals surface area contributed by atoms with Gasteiger partial charge in [-0.1, -0.05) is 87.8 Å². The number of fused-ring (bicyclic) bond motifs is 1. The van der Waals surface area contributed by atoms with E-state index >= 15 is 0 Å². The van der Waals surface area contributed by atoms with Crippen LogP contribution in [-0.4, -0.2) is 121 Å².